The number of hydrogen-bond donors (Lipinski definition) is 2. The molecule has 0 aliphatic carbocycles. The van der Waals surface area contributed by atoms with E-state index in [1.54, 1.807) is 62.8 Å². The summed E-state index contributed by atoms with van der Waals surface area (Å²) in [6.07, 6.45) is 0. The zero-order chi connectivity index (χ0) is 22.4. The lowest BCUT2D eigenvalue weighted by Gasteiger charge is -2.17. The van der Waals surface area contributed by atoms with Crippen molar-refractivity contribution in [2.45, 2.75) is 17.9 Å². The third kappa shape index (κ3) is 5.35. The van der Waals surface area contributed by atoms with Crippen molar-refractivity contribution in [3.63, 3.8) is 0 Å². The quantitative estimate of drug-likeness (QED) is 0.552. The molecule has 1 atom stereocenters. The lowest BCUT2D eigenvalue weighted by molar-refractivity contribution is 0.0940. The molecule has 0 aromatic heterocycles. The number of ether oxygens (including phenoxy) is 2. The second-order valence-electron chi connectivity index (χ2n) is 6.81. The molecule has 3 rings (SSSR count). The molecule has 0 aliphatic rings. The SMILES string of the molecule is COc1ccc([C@H](C)NC(=O)c2ccc(NS(=O)(=O)c3ccccc3)cc2)cc1OC. The first-order chi connectivity index (χ1) is 14.8. The van der Waals surface area contributed by atoms with Gasteiger partial charge in [-0.3, -0.25) is 9.52 Å². The van der Waals surface area contributed by atoms with Crippen molar-refractivity contribution >= 4 is 21.6 Å². The first-order valence-corrected chi connectivity index (χ1v) is 11.0. The Morgan fingerprint density at radius 2 is 1.52 bits per heavy atom. The molecule has 31 heavy (non-hydrogen) atoms. The summed E-state index contributed by atoms with van der Waals surface area (Å²) in [6.45, 7) is 1.86. The maximum atomic E-state index is 12.6. The van der Waals surface area contributed by atoms with Gasteiger partial charge in [-0.15, -0.1) is 0 Å². The summed E-state index contributed by atoms with van der Waals surface area (Å²) in [5.74, 6) is 0.911. The highest BCUT2D eigenvalue weighted by Crippen LogP contribution is 2.30. The Labute approximate surface area is 182 Å². The fourth-order valence-corrected chi connectivity index (χ4v) is 4.07. The Morgan fingerprint density at radius 1 is 0.871 bits per heavy atom. The molecule has 0 heterocycles. The van der Waals surface area contributed by atoms with Gasteiger partial charge in [-0.25, -0.2) is 8.42 Å². The van der Waals surface area contributed by atoms with Gasteiger partial charge >= 0.3 is 0 Å². The van der Waals surface area contributed by atoms with Gasteiger partial charge in [-0.2, -0.15) is 0 Å². The molecule has 2 N–H and O–H groups in total. The maximum Gasteiger partial charge on any atom is 0.261 e. The van der Waals surface area contributed by atoms with E-state index in [0.717, 1.165) is 5.56 Å². The zero-order valence-corrected chi connectivity index (χ0v) is 18.3. The van der Waals surface area contributed by atoms with Crippen molar-refractivity contribution in [2.24, 2.45) is 0 Å². The molecule has 3 aromatic rings. The smallest absolute Gasteiger partial charge is 0.261 e. The largest absolute Gasteiger partial charge is 0.493 e. The number of nitrogens with one attached hydrogen (secondary N) is 2. The van der Waals surface area contributed by atoms with E-state index in [1.165, 1.54) is 12.1 Å². The first-order valence-electron chi connectivity index (χ1n) is 9.55. The summed E-state index contributed by atoms with van der Waals surface area (Å²) in [4.78, 5) is 12.8. The highest BCUT2D eigenvalue weighted by Gasteiger charge is 2.16. The van der Waals surface area contributed by atoms with Crippen LogP contribution in [0.25, 0.3) is 0 Å². The van der Waals surface area contributed by atoms with Gasteiger partial charge in [0.05, 0.1) is 25.2 Å². The van der Waals surface area contributed by atoms with Crippen LogP contribution in [-0.2, 0) is 10.0 Å². The number of anilines is 1. The fourth-order valence-electron chi connectivity index (χ4n) is 2.99. The number of rotatable bonds is 8. The van der Waals surface area contributed by atoms with E-state index in [0.29, 0.717) is 22.7 Å². The summed E-state index contributed by atoms with van der Waals surface area (Å²) in [6, 6.07) is 19.5. The fraction of sp³-hybridized carbons (Fsp3) is 0.174. The average molecular weight is 441 g/mol. The Kier molecular flexibility index (Phi) is 6.81. The predicted octanol–water partition coefficient (Wildman–Crippen LogP) is 4.00. The number of amides is 1. The van der Waals surface area contributed by atoms with Gasteiger partial charge in [0.1, 0.15) is 0 Å². The lowest BCUT2D eigenvalue weighted by atomic mass is 10.1. The topological polar surface area (TPSA) is 93.7 Å². The summed E-state index contributed by atoms with van der Waals surface area (Å²) in [7, 11) is -0.571. The summed E-state index contributed by atoms with van der Waals surface area (Å²) in [5.41, 5.74) is 1.64. The molecule has 0 saturated heterocycles. The second-order valence-corrected chi connectivity index (χ2v) is 8.49. The van der Waals surface area contributed by atoms with Crippen molar-refractivity contribution in [2.75, 3.05) is 18.9 Å². The van der Waals surface area contributed by atoms with Crippen molar-refractivity contribution in [1.29, 1.82) is 0 Å². The van der Waals surface area contributed by atoms with Crippen LogP contribution in [0, 0.1) is 0 Å². The second kappa shape index (κ2) is 9.53. The highest BCUT2D eigenvalue weighted by molar-refractivity contribution is 7.92. The van der Waals surface area contributed by atoms with Crippen LogP contribution in [0.2, 0.25) is 0 Å². The van der Waals surface area contributed by atoms with Gasteiger partial charge in [-0.05, 0) is 61.0 Å². The third-order valence-electron chi connectivity index (χ3n) is 4.71. The van der Waals surface area contributed by atoms with Crippen molar-refractivity contribution in [1.82, 2.24) is 5.32 Å². The molecule has 0 spiro atoms. The van der Waals surface area contributed by atoms with E-state index in [-0.39, 0.29) is 16.8 Å². The molecule has 0 bridgehead atoms. The number of carbonyl (C=O) groups is 1. The van der Waals surface area contributed by atoms with Gasteiger partial charge in [-0.1, -0.05) is 24.3 Å². The monoisotopic (exact) mass is 440 g/mol. The molecule has 0 aliphatic heterocycles. The molecular weight excluding hydrogens is 416 g/mol. The van der Waals surface area contributed by atoms with Crippen molar-refractivity contribution < 1.29 is 22.7 Å². The zero-order valence-electron chi connectivity index (χ0n) is 17.5. The summed E-state index contributed by atoms with van der Waals surface area (Å²) in [5, 5.41) is 2.92. The molecule has 3 aromatic carbocycles. The Hall–Kier alpha value is -3.52. The molecule has 0 saturated carbocycles. The van der Waals surface area contributed by atoms with E-state index >= 15 is 0 Å². The Balaban J connectivity index is 1.68. The van der Waals surface area contributed by atoms with Crippen LogP contribution in [0.4, 0.5) is 5.69 Å². The van der Waals surface area contributed by atoms with Crippen LogP contribution in [0.5, 0.6) is 11.5 Å². The maximum absolute atomic E-state index is 12.6. The van der Waals surface area contributed by atoms with Gasteiger partial charge < -0.3 is 14.8 Å². The van der Waals surface area contributed by atoms with Crippen molar-refractivity contribution in [3.8, 4) is 11.5 Å². The predicted molar refractivity (Wildman–Crippen MR) is 119 cm³/mol. The summed E-state index contributed by atoms with van der Waals surface area (Å²) < 4.78 is 37.9. The van der Waals surface area contributed by atoms with E-state index in [4.69, 9.17) is 9.47 Å². The van der Waals surface area contributed by atoms with Gasteiger partial charge in [0.25, 0.3) is 15.9 Å². The number of methoxy groups -OCH3 is 2. The van der Waals surface area contributed by atoms with Crippen LogP contribution in [-0.4, -0.2) is 28.5 Å². The molecule has 1 amide bonds. The molecule has 162 valence electrons. The molecule has 0 unspecified atom stereocenters. The van der Waals surface area contributed by atoms with Gasteiger partial charge in [0, 0.05) is 11.3 Å². The lowest BCUT2D eigenvalue weighted by Crippen LogP contribution is -2.26. The van der Waals surface area contributed by atoms with Crippen molar-refractivity contribution in [3.05, 3.63) is 83.9 Å². The number of benzene rings is 3. The molecule has 7 nitrogen and oxygen atoms in total. The minimum Gasteiger partial charge on any atom is -0.493 e. The molecule has 0 radical (unpaired) electrons. The van der Waals surface area contributed by atoms with E-state index in [9.17, 15) is 13.2 Å². The highest BCUT2D eigenvalue weighted by atomic mass is 32.2. The van der Waals surface area contributed by atoms with Crippen LogP contribution >= 0.6 is 0 Å². The van der Waals surface area contributed by atoms with Crippen LogP contribution in [0.3, 0.4) is 0 Å². The van der Waals surface area contributed by atoms with E-state index < -0.39 is 10.0 Å². The molecule has 0 fully saturated rings. The van der Waals surface area contributed by atoms with Crippen LogP contribution in [0.1, 0.15) is 28.9 Å². The minimum atomic E-state index is -3.69. The average Bonchev–Trinajstić information content (AvgIpc) is 2.79. The third-order valence-corrected chi connectivity index (χ3v) is 6.11. The van der Waals surface area contributed by atoms with Crippen LogP contribution < -0.4 is 19.5 Å². The van der Waals surface area contributed by atoms with Gasteiger partial charge in [0.15, 0.2) is 11.5 Å². The normalized spacial score (nSPS) is 12.0. The Morgan fingerprint density at radius 3 is 2.13 bits per heavy atom. The number of carbonyl (C=O) groups excluding carboxylic acids is 1. The Bertz CT molecular complexity index is 1150. The molecule has 8 heteroatoms. The molecular formula is C23H24N2O5S. The standard InChI is InChI=1S/C23H24N2O5S/c1-16(18-11-14-21(29-2)22(15-18)30-3)24-23(26)17-9-12-19(13-10-17)25-31(27,28)20-7-5-4-6-8-20/h4-16,25H,1-3H3,(H,24,26)/t16-/m0/s1. The van der Waals surface area contributed by atoms with Crippen LogP contribution in [0.15, 0.2) is 77.7 Å². The number of sulfonamides is 1. The minimum absolute atomic E-state index is 0.167. The van der Waals surface area contributed by atoms with E-state index in [2.05, 4.69) is 10.0 Å². The number of hydrogen-bond acceptors (Lipinski definition) is 5. The first kappa shape index (κ1) is 22.2. The van der Waals surface area contributed by atoms with Gasteiger partial charge in [0.2, 0.25) is 0 Å². The summed E-state index contributed by atoms with van der Waals surface area (Å²) >= 11 is 0. The van der Waals surface area contributed by atoms with E-state index in [1.807, 2.05) is 19.1 Å².